The lowest BCUT2D eigenvalue weighted by atomic mass is 9.97. The Morgan fingerprint density at radius 3 is 1.01 bits per heavy atom. The molecule has 0 saturated carbocycles. The zero-order chi connectivity index (χ0) is 47.7. The monoisotopic (exact) mass is 932 g/mol. The van der Waals surface area contributed by atoms with Gasteiger partial charge in [0.25, 0.3) is 0 Å². The fourth-order valence-electron chi connectivity index (χ4n) is 9.18. The Bertz CT molecular complexity index is 3780. The van der Waals surface area contributed by atoms with Crippen molar-refractivity contribution in [2.75, 3.05) is 0 Å². The fourth-order valence-corrected chi connectivity index (χ4v) is 9.18. The maximum Gasteiger partial charge on any atom is 0.418 e. The first-order chi connectivity index (χ1) is 34.0. The average Bonchev–Trinajstić information content (AvgIpc) is 3.90. The third-order valence-electron chi connectivity index (χ3n) is 12.2. The normalized spacial score (nSPS) is 12.1. The smallest absolute Gasteiger partial charge is 0.309 e. The predicted octanol–water partition coefficient (Wildman–Crippen LogP) is 13.4. The van der Waals surface area contributed by atoms with Gasteiger partial charge in [0.05, 0.1) is 44.6 Å². The largest absolute Gasteiger partial charge is 0.418 e. The van der Waals surface area contributed by atoms with Crippen LogP contribution in [0.4, 0.5) is 26.3 Å². The highest BCUT2D eigenvalue weighted by Crippen LogP contribution is 2.47. The first-order valence-electron chi connectivity index (χ1n) is 21.7. The lowest BCUT2D eigenvalue weighted by Gasteiger charge is -2.22. The van der Waals surface area contributed by atoms with Gasteiger partial charge in [0.1, 0.15) is 0 Å². The predicted molar refractivity (Wildman–Crippen MR) is 255 cm³/mol. The van der Waals surface area contributed by atoms with Crippen LogP contribution in [0.25, 0.3) is 112 Å². The van der Waals surface area contributed by atoms with Crippen molar-refractivity contribution in [1.82, 2.24) is 49.0 Å². The fraction of sp³-hybridized carbons (Fsp3) is 0.0370. The third-order valence-corrected chi connectivity index (χ3v) is 12.2. The molecule has 6 aromatic heterocycles. The molecule has 0 aliphatic rings. The zero-order valence-corrected chi connectivity index (χ0v) is 36.1. The van der Waals surface area contributed by atoms with Crippen molar-refractivity contribution in [3.63, 3.8) is 0 Å². The van der Waals surface area contributed by atoms with E-state index in [9.17, 15) is 13.2 Å². The summed E-state index contributed by atoms with van der Waals surface area (Å²) in [7, 11) is 0. The van der Waals surface area contributed by atoms with E-state index in [-0.39, 0.29) is 22.5 Å². The number of aromatic nitrogens is 10. The van der Waals surface area contributed by atoms with Crippen LogP contribution < -0.4 is 0 Å². The van der Waals surface area contributed by atoms with E-state index in [1.165, 1.54) is 22.8 Å². The van der Waals surface area contributed by atoms with Gasteiger partial charge in [-0.05, 0) is 127 Å². The minimum atomic E-state index is -5.00. The van der Waals surface area contributed by atoms with Crippen molar-refractivity contribution in [3.8, 4) is 68.1 Å². The number of rotatable bonds is 7. The molecule has 0 bridgehead atoms. The van der Waals surface area contributed by atoms with Crippen LogP contribution in [0.2, 0.25) is 0 Å². The number of fused-ring (bicyclic) bond motifs is 6. The molecule has 70 heavy (non-hydrogen) atoms. The van der Waals surface area contributed by atoms with Crippen LogP contribution in [0.15, 0.2) is 183 Å². The van der Waals surface area contributed by atoms with Gasteiger partial charge >= 0.3 is 12.4 Å². The molecular formula is C54H30F6N10. The number of hydrogen-bond acceptors (Lipinski definition) is 8. The van der Waals surface area contributed by atoms with E-state index >= 15 is 13.2 Å². The summed E-state index contributed by atoms with van der Waals surface area (Å²) >= 11 is 0. The molecule has 0 amide bonds. The Labute approximate surface area is 392 Å². The second-order valence-electron chi connectivity index (χ2n) is 16.4. The highest BCUT2D eigenvalue weighted by Gasteiger charge is 2.37. The summed E-state index contributed by atoms with van der Waals surface area (Å²) in [4.78, 5) is 35.4. The molecule has 338 valence electrons. The average molecular weight is 933 g/mol. The molecule has 0 radical (unpaired) electrons. The molecule has 6 aromatic carbocycles. The van der Waals surface area contributed by atoms with E-state index in [4.69, 9.17) is 0 Å². The minimum Gasteiger partial charge on any atom is -0.309 e. The van der Waals surface area contributed by atoms with Crippen LogP contribution in [-0.4, -0.2) is 49.0 Å². The van der Waals surface area contributed by atoms with Gasteiger partial charge in [0.2, 0.25) is 0 Å². The Morgan fingerprint density at radius 1 is 0.314 bits per heavy atom. The maximum absolute atomic E-state index is 16.3. The van der Waals surface area contributed by atoms with Gasteiger partial charge in [0.15, 0.2) is 23.3 Å². The molecule has 10 nitrogen and oxygen atoms in total. The molecule has 6 heterocycles. The van der Waals surface area contributed by atoms with Gasteiger partial charge in [-0.15, -0.1) is 0 Å². The van der Waals surface area contributed by atoms with Crippen molar-refractivity contribution in [2.45, 2.75) is 12.4 Å². The molecule has 0 aliphatic carbocycles. The van der Waals surface area contributed by atoms with Crippen LogP contribution in [0.5, 0.6) is 0 Å². The van der Waals surface area contributed by atoms with Crippen molar-refractivity contribution in [3.05, 3.63) is 194 Å². The second kappa shape index (κ2) is 16.3. The minimum absolute atomic E-state index is 0.0179. The lowest BCUT2D eigenvalue weighted by Crippen LogP contribution is -2.13. The first kappa shape index (κ1) is 42.2. The standard InChI is InChI=1S/C54H30F6N10/c55-53(56,57)36-7-1-6-31(24-36)37-29-48(70-45-14-10-34(51-65-20-4-21-66-51)27-40(45)41-28-35(11-15-46(41)70)52-67-22-5-23-68-52)42(54(58,59)60)30-47(37)69-43-12-8-32(49-61-16-2-17-62-49)25-38(43)39-26-33(9-13-44(39)69)50-63-18-3-19-64-50/h1-30H. The van der Waals surface area contributed by atoms with E-state index in [2.05, 4.69) is 39.9 Å². The van der Waals surface area contributed by atoms with Crippen molar-refractivity contribution < 1.29 is 26.3 Å². The Hall–Kier alpha value is -9.18. The van der Waals surface area contributed by atoms with E-state index in [1.807, 2.05) is 24.3 Å². The van der Waals surface area contributed by atoms with Gasteiger partial charge in [-0.25, -0.2) is 39.9 Å². The zero-order valence-electron chi connectivity index (χ0n) is 36.1. The number of halogens is 6. The second-order valence-corrected chi connectivity index (χ2v) is 16.4. The van der Waals surface area contributed by atoms with Crippen molar-refractivity contribution in [1.29, 1.82) is 0 Å². The van der Waals surface area contributed by atoms with Crippen molar-refractivity contribution >= 4 is 43.6 Å². The number of nitrogens with zero attached hydrogens (tertiary/aromatic N) is 10. The van der Waals surface area contributed by atoms with E-state index in [0.717, 1.165) is 18.2 Å². The van der Waals surface area contributed by atoms with Crippen LogP contribution in [0.3, 0.4) is 0 Å². The van der Waals surface area contributed by atoms with Gasteiger partial charge < -0.3 is 9.13 Å². The van der Waals surface area contributed by atoms with E-state index < -0.39 is 23.5 Å². The summed E-state index contributed by atoms with van der Waals surface area (Å²) in [5, 5.41) is 2.36. The Morgan fingerprint density at radius 2 is 0.671 bits per heavy atom. The maximum atomic E-state index is 16.3. The summed E-state index contributed by atoms with van der Waals surface area (Å²) in [6.07, 6.45) is 3.03. The summed E-state index contributed by atoms with van der Waals surface area (Å²) in [5.41, 5.74) is 1.99. The van der Waals surface area contributed by atoms with E-state index in [1.54, 1.807) is 127 Å². The van der Waals surface area contributed by atoms with Gasteiger partial charge in [-0.1, -0.05) is 12.1 Å². The lowest BCUT2D eigenvalue weighted by molar-refractivity contribution is -0.138. The van der Waals surface area contributed by atoms with Crippen LogP contribution in [0, 0.1) is 0 Å². The summed E-state index contributed by atoms with van der Waals surface area (Å²) in [6.45, 7) is 0. The molecule has 0 spiro atoms. The van der Waals surface area contributed by atoms with Gasteiger partial charge in [-0.3, -0.25) is 0 Å². The molecule has 0 atom stereocenters. The molecule has 0 fully saturated rings. The van der Waals surface area contributed by atoms with E-state index in [0.29, 0.717) is 89.2 Å². The Kier molecular flexibility index (Phi) is 9.80. The highest BCUT2D eigenvalue weighted by atomic mass is 19.4. The third kappa shape index (κ3) is 7.24. The molecule has 0 N–H and O–H groups in total. The van der Waals surface area contributed by atoms with Crippen LogP contribution in [-0.2, 0) is 12.4 Å². The quantitative estimate of drug-likeness (QED) is 0.145. The van der Waals surface area contributed by atoms with Crippen LogP contribution >= 0.6 is 0 Å². The molecule has 0 aliphatic heterocycles. The molecule has 16 heteroatoms. The molecule has 0 unspecified atom stereocenters. The summed E-state index contributed by atoms with van der Waals surface area (Å²) in [5.74, 6) is 1.63. The van der Waals surface area contributed by atoms with Gasteiger partial charge in [-0.2, -0.15) is 26.3 Å². The number of hydrogen-bond donors (Lipinski definition) is 0. The summed E-state index contributed by atoms with van der Waals surface area (Å²) < 4.78 is 95.8. The molecule has 12 rings (SSSR count). The summed E-state index contributed by atoms with van der Waals surface area (Å²) in [6, 6.07) is 34.9. The Balaban J connectivity index is 1.19. The number of benzene rings is 6. The number of alkyl halides is 6. The SMILES string of the molecule is FC(F)(F)c1cccc(-c2cc(-n3c4ccc(-c5ncccn5)cc4c4cc(-c5ncccn5)ccc43)c(C(F)(F)F)cc2-n2c3ccc(-c4ncccn4)cc3c3cc(-c4ncccn4)ccc32)c1. The molecular weight excluding hydrogens is 903 g/mol. The highest BCUT2D eigenvalue weighted by molar-refractivity contribution is 6.13. The topological polar surface area (TPSA) is 113 Å². The van der Waals surface area contributed by atoms with Crippen molar-refractivity contribution in [2.24, 2.45) is 0 Å². The van der Waals surface area contributed by atoms with Crippen LogP contribution in [0.1, 0.15) is 11.1 Å². The molecule has 0 saturated heterocycles. The van der Waals surface area contributed by atoms with Gasteiger partial charge in [0, 0.05) is 98.9 Å². The molecule has 12 aromatic rings. The first-order valence-corrected chi connectivity index (χ1v) is 21.7.